The van der Waals surface area contributed by atoms with E-state index in [1.165, 1.54) is 12.1 Å². The van der Waals surface area contributed by atoms with Gasteiger partial charge in [0.05, 0.1) is 19.8 Å². The molecule has 2 saturated heterocycles. The zero-order valence-electron chi connectivity index (χ0n) is 20.1. The van der Waals surface area contributed by atoms with Crippen molar-refractivity contribution >= 4 is 11.9 Å². The van der Waals surface area contributed by atoms with Gasteiger partial charge in [0.1, 0.15) is 11.4 Å². The fraction of sp³-hybridized carbons (Fsp3) is 0.636. The Hall–Kier alpha value is -2.49. The zero-order chi connectivity index (χ0) is 28.4. The van der Waals surface area contributed by atoms with Crippen LogP contribution in [0.5, 0.6) is 0 Å². The van der Waals surface area contributed by atoms with E-state index in [1.54, 1.807) is 0 Å². The van der Waals surface area contributed by atoms with Gasteiger partial charge in [-0.05, 0) is 31.5 Å². The van der Waals surface area contributed by atoms with Crippen molar-refractivity contribution in [2.75, 3.05) is 46.0 Å². The van der Waals surface area contributed by atoms with Crippen molar-refractivity contribution in [3.63, 3.8) is 0 Å². The highest BCUT2D eigenvalue weighted by molar-refractivity contribution is 5.73. The number of morpholine rings is 1. The van der Waals surface area contributed by atoms with Crippen molar-refractivity contribution in [3.05, 3.63) is 35.6 Å². The van der Waals surface area contributed by atoms with Crippen molar-refractivity contribution in [1.82, 2.24) is 9.80 Å². The molecule has 1 aromatic carbocycles. The van der Waals surface area contributed by atoms with E-state index in [0.29, 0.717) is 12.6 Å². The van der Waals surface area contributed by atoms with Crippen molar-refractivity contribution < 1.29 is 60.0 Å². The first-order chi connectivity index (χ1) is 16.9. The summed E-state index contributed by atoms with van der Waals surface area (Å²) in [5, 5.41) is 14.2. The van der Waals surface area contributed by atoms with E-state index in [2.05, 4.69) is 23.6 Å². The van der Waals surface area contributed by atoms with Crippen molar-refractivity contribution in [3.8, 4) is 0 Å². The Kier molecular flexibility index (Phi) is 12.2. The minimum atomic E-state index is -5.08. The molecule has 0 amide bonds. The standard InChI is InChI=1S/C18H27FN2O2.2C2HF3O2/c1-15(2)21-8-9-22-14-18(13-21)12-20(7-10-23-18)11-16-3-5-17(19)6-4-16;2*3-2(4,5)1(6)7/h3-6,15H,7-14H2,1-2H3;2*(H,6,7). The zero-order valence-corrected chi connectivity index (χ0v) is 20.1. The minimum Gasteiger partial charge on any atom is -0.475 e. The smallest absolute Gasteiger partial charge is 0.475 e. The van der Waals surface area contributed by atoms with Gasteiger partial charge in [0.25, 0.3) is 0 Å². The summed E-state index contributed by atoms with van der Waals surface area (Å²) in [4.78, 5) is 22.6. The molecule has 2 heterocycles. The quantitative estimate of drug-likeness (QED) is 0.553. The number of aliphatic carboxylic acids is 2. The van der Waals surface area contributed by atoms with E-state index in [4.69, 9.17) is 29.3 Å². The highest BCUT2D eigenvalue weighted by atomic mass is 19.4. The van der Waals surface area contributed by atoms with Crippen LogP contribution in [0.15, 0.2) is 24.3 Å². The number of nitrogens with zero attached hydrogens (tertiary/aromatic N) is 2. The Morgan fingerprint density at radius 3 is 1.92 bits per heavy atom. The number of halogens is 7. The molecule has 1 unspecified atom stereocenters. The maximum Gasteiger partial charge on any atom is 0.490 e. The predicted molar refractivity (Wildman–Crippen MR) is 115 cm³/mol. The molecule has 0 aromatic heterocycles. The van der Waals surface area contributed by atoms with Crippen molar-refractivity contribution in [1.29, 1.82) is 0 Å². The van der Waals surface area contributed by atoms with Crippen LogP contribution >= 0.6 is 0 Å². The molecule has 3 rings (SSSR count). The van der Waals surface area contributed by atoms with Crippen LogP contribution in [0.2, 0.25) is 0 Å². The summed E-state index contributed by atoms with van der Waals surface area (Å²) < 4.78 is 88.6. The summed E-state index contributed by atoms with van der Waals surface area (Å²) in [6.07, 6.45) is -10.2. The molecule has 0 bridgehead atoms. The van der Waals surface area contributed by atoms with Gasteiger partial charge < -0.3 is 19.7 Å². The van der Waals surface area contributed by atoms with Crippen molar-refractivity contribution in [2.24, 2.45) is 0 Å². The first-order valence-electron chi connectivity index (χ1n) is 11.0. The van der Waals surface area contributed by atoms with Gasteiger partial charge in [-0.1, -0.05) is 12.1 Å². The maximum absolute atomic E-state index is 13.1. The monoisotopic (exact) mass is 550 g/mol. The molecule has 2 aliphatic heterocycles. The van der Waals surface area contributed by atoms with Crippen LogP contribution in [0.4, 0.5) is 30.7 Å². The number of ether oxygens (including phenoxy) is 2. The average Bonchev–Trinajstić information content (AvgIpc) is 2.97. The second-order valence-corrected chi connectivity index (χ2v) is 8.59. The second kappa shape index (κ2) is 13.9. The summed E-state index contributed by atoms with van der Waals surface area (Å²) >= 11 is 0. The van der Waals surface area contributed by atoms with Gasteiger partial charge in [0.2, 0.25) is 0 Å². The van der Waals surface area contributed by atoms with Crippen LogP contribution in [0.1, 0.15) is 19.4 Å². The second-order valence-electron chi connectivity index (χ2n) is 8.59. The number of carboxylic acids is 2. The first-order valence-corrected chi connectivity index (χ1v) is 11.0. The molecule has 212 valence electrons. The number of benzene rings is 1. The highest BCUT2D eigenvalue weighted by Gasteiger charge is 2.41. The SMILES string of the molecule is CC(C)N1CCOCC2(CN(Cc3ccc(F)cc3)CCO2)C1.O=C(O)C(F)(F)F.O=C(O)C(F)(F)F. The molecule has 2 N–H and O–H groups in total. The largest absolute Gasteiger partial charge is 0.490 e. The van der Waals surface area contributed by atoms with Crippen LogP contribution < -0.4 is 0 Å². The van der Waals surface area contributed by atoms with Gasteiger partial charge in [-0.3, -0.25) is 9.80 Å². The van der Waals surface area contributed by atoms with Gasteiger partial charge in [-0.25, -0.2) is 14.0 Å². The number of rotatable bonds is 3. The third-order valence-electron chi connectivity index (χ3n) is 5.24. The summed E-state index contributed by atoms with van der Waals surface area (Å²) in [6.45, 7) is 11.0. The normalized spacial score (nSPS) is 21.4. The highest BCUT2D eigenvalue weighted by Crippen LogP contribution is 2.25. The van der Waals surface area contributed by atoms with E-state index in [9.17, 15) is 30.7 Å². The number of carboxylic acid groups (broad SMARTS) is 2. The molecule has 0 radical (unpaired) electrons. The summed E-state index contributed by atoms with van der Waals surface area (Å²) in [5.74, 6) is -5.70. The van der Waals surface area contributed by atoms with Gasteiger partial charge in [0.15, 0.2) is 0 Å². The van der Waals surface area contributed by atoms with Gasteiger partial charge >= 0.3 is 24.3 Å². The van der Waals surface area contributed by atoms with E-state index < -0.39 is 24.3 Å². The molecule has 0 saturated carbocycles. The molecule has 1 spiro atoms. The molecule has 1 atom stereocenters. The van der Waals surface area contributed by atoms with Crippen LogP contribution in [0, 0.1) is 5.82 Å². The maximum atomic E-state index is 13.1. The Balaban J connectivity index is 0.000000404. The topological polar surface area (TPSA) is 99.5 Å². The van der Waals surface area contributed by atoms with E-state index in [-0.39, 0.29) is 11.4 Å². The lowest BCUT2D eigenvalue weighted by Crippen LogP contribution is -2.59. The molecule has 2 aliphatic rings. The lowest BCUT2D eigenvalue weighted by molar-refractivity contribution is -0.193. The predicted octanol–water partition coefficient (Wildman–Crippen LogP) is 3.40. The van der Waals surface area contributed by atoms with Gasteiger partial charge in [-0.15, -0.1) is 0 Å². The Morgan fingerprint density at radius 1 is 0.946 bits per heavy atom. The van der Waals surface area contributed by atoms with Gasteiger partial charge in [0, 0.05) is 38.8 Å². The van der Waals surface area contributed by atoms with E-state index in [1.807, 2.05) is 12.1 Å². The fourth-order valence-corrected chi connectivity index (χ4v) is 3.46. The van der Waals surface area contributed by atoms with E-state index in [0.717, 1.165) is 51.5 Å². The average molecular weight is 550 g/mol. The molecule has 0 aliphatic carbocycles. The summed E-state index contributed by atoms with van der Waals surface area (Å²) in [5.41, 5.74) is 0.887. The summed E-state index contributed by atoms with van der Waals surface area (Å²) in [6, 6.07) is 7.27. The molecular formula is C22H29F7N2O6. The lowest BCUT2D eigenvalue weighted by Gasteiger charge is -2.44. The first kappa shape index (κ1) is 32.5. The molecule has 8 nitrogen and oxygen atoms in total. The third kappa shape index (κ3) is 12.1. The number of hydrogen-bond acceptors (Lipinski definition) is 6. The van der Waals surface area contributed by atoms with Crippen molar-refractivity contribution in [2.45, 2.75) is 44.4 Å². The van der Waals surface area contributed by atoms with Crippen LogP contribution in [-0.2, 0) is 25.6 Å². The number of carbonyl (C=O) groups is 2. The third-order valence-corrected chi connectivity index (χ3v) is 5.24. The Labute approximate surface area is 208 Å². The molecule has 1 aromatic rings. The molecule has 15 heteroatoms. The Morgan fingerprint density at radius 2 is 1.46 bits per heavy atom. The lowest BCUT2D eigenvalue weighted by atomic mass is 10.0. The number of hydrogen-bond donors (Lipinski definition) is 2. The van der Waals surface area contributed by atoms with E-state index >= 15 is 0 Å². The molecule has 2 fully saturated rings. The van der Waals surface area contributed by atoms with Crippen LogP contribution in [-0.4, -0.2) is 102 Å². The molecule has 37 heavy (non-hydrogen) atoms. The Bertz CT molecular complexity index is 841. The fourth-order valence-electron chi connectivity index (χ4n) is 3.46. The summed E-state index contributed by atoms with van der Waals surface area (Å²) in [7, 11) is 0. The van der Waals surface area contributed by atoms with Gasteiger partial charge in [-0.2, -0.15) is 26.3 Å². The minimum absolute atomic E-state index is 0.183. The van der Waals surface area contributed by atoms with Crippen LogP contribution in [0.25, 0.3) is 0 Å². The van der Waals surface area contributed by atoms with Crippen LogP contribution in [0.3, 0.4) is 0 Å². The molecular weight excluding hydrogens is 521 g/mol. The number of alkyl halides is 6.